The molecule has 1 heterocycles. The fourth-order valence-corrected chi connectivity index (χ4v) is 3.05. The van der Waals surface area contributed by atoms with E-state index < -0.39 is 0 Å². The maximum absolute atomic E-state index is 5.98. The summed E-state index contributed by atoms with van der Waals surface area (Å²) in [5.41, 5.74) is 1.37. The van der Waals surface area contributed by atoms with Gasteiger partial charge in [-0.1, -0.05) is 23.7 Å². The van der Waals surface area contributed by atoms with Gasteiger partial charge in [0.25, 0.3) is 0 Å². The van der Waals surface area contributed by atoms with Crippen molar-refractivity contribution in [2.45, 2.75) is 11.7 Å². The Hall–Kier alpha value is -0.180. The van der Waals surface area contributed by atoms with Gasteiger partial charge >= 0.3 is 0 Å². The normalized spacial score (nSPS) is 23.1. The topological polar surface area (TPSA) is 12.0 Å². The second-order valence-corrected chi connectivity index (χ2v) is 5.20. The van der Waals surface area contributed by atoms with Crippen LogP contribution in [0.2, 0.25) is 5.02 Å². The molecule has 1 atom stereocenters. The maximum atomic E-state index is 5.98. The number of rotatable bonds is 1. The van der Waals surface area contributed by atoms with Crippen molar-refractivity contribution in [1.82, 2.24) is 5.32 Å². The lowest BCUT2D eigenvalue weighted by Gasteiger charge is -2.13. The first-order chi connectivity index (χ1) is 6.86. The van der Waals surface area contributed by atoms with Gasteiger partial charge in [-0.15, -0.1) is 0 Å². The highest BCUT2D eigenvalue weighted by atomic mass is 35.5. The van der Waals surface area contributed by atoms with E-state index in [-0.39, 0.29) is 0 Å². The number of hydrogen-bond acceptors (Lipinski definition) is 2. The van der Waals surface area contributed by atoms with Gasteiger partial charge in [0, 0.05) is 22.6 Å². The molecular weight excluding hydrogens is 214 g/mol. The molecule has 1 N–H and O–H groups in total. The van der Waals surface area contributed by atoms with E-state index in [9.17, 15) is 0 Å². The minimum atomic E-state index is 0.615. The van der Waals surface area contributed by atoms with Crippen LogP contribution >= 0.6 is 23.4 Å². The monoisotopic (exact) mass is 227 g/mol. The molecule has 0 unspecified atom stereocenters. The van der Waals surface area contributed by atoms with Gasteiger partial charge < -0.3 is 5.32 Å². The average Bonchev–Trinajstić information content (AvgIpc) is 2.45. The van der Waals surface area contributed by atoms with Crippen LogP contribution in [0, 0.1) is 0 Å². The van der Waals surface area contributed by atoms with Gasteiger partial charge in [-0.25, -0.2) is 0 Å². The molecule has 76 valence electrons. The van der Waals surface area contributed by atoms with Crippen LogP contribution in [0.3, 0.4) is 0 Å². The van der Waals surface area contributed by atoms with E-state index in [2.05, 4.69) is 17.4 Å². The molecule has 2 rings (SSSR count). The number of halogens is 1. The van der Waals surface area contributed by atoms with E-state index in [1.807, 2.05) is 23.9 Å². The van der Waals surface area contributed by atoms with Crippen molar-refractivity contribution in [2.75, 3.05) is 18.8 Å². The molecule has 1 aromatic rings. The average molecular weight is 228 g/mol. The molecule has 0 amide bonds. The van der Waals surface area contributed by atoms with Gasteiger partial charge in [0.15, 0.2) is 0 Å². The van der Waals surface area contributed by atoms with Crippen LogP contribution in [0.4, 0.5) is 0 Å². The minimum Gasteiger partial charge on any atom is -0.316 e. The Morgan fingerprint density at radius 2 is 2.29 bits per heavy atom. The Balaban J connectivity index is 2.12. The van der Waals surface area contributed by atoms with Gasteiger partial charge in [0.1, 0.15) is 0 Å². The van der Waals surface area contributed by atoms with Gasteiger partial charge in [0.05, 0.1) is 0 Å². The lowest BCUT2D eigenvalue weighted by molar-refractivity contribution is 0.687. The highest BCUT2D eigenvalue weighted by Gasteiger charge is 2.14. The third-order valence-corrected chi connectivity index (χ3v) is 3.99. The molecule has 0 spiro atoms. The number of nitrogens with one attached hydrogen (secondary N) is 1. The van der Waals surface area contributed by atoms with Crippen LogP contribution in [-0.2, 0) is 0 Å². The molecule has 1 nitrogen and oxygen atoms in total. The van der Waals surface area contributed by atoms with Crippen molar-refractivity contribution in [3.05, 3.63) is 34.9 Å². The summed E-state index contributed by atoms with van der Waals surface area (Å²) in [4.78, 5) is 0. The summed E-state index contributed by atoms with van der Waals surface area (Å²) in [6, 6.07) is 8.24. The molecule has 0 aliphatic carbocycles. The van der Waals surface area contributed by atoms with Gasteiger partial charge in [-0.2, -0.15) is 11.8 Å². The van der Waals surface area contributed by atoms with Gasteiger partial charge in [0.2, 0.25) is 0 Å². The summed E-state index contributed by atoms with van der Waals surface area (Å²) in [6.45, 7) is 2.24. The van der Waals surface area contributed by atoms with Gasteiger partial charge in [-0.3, -0.25) is 0 Å². The van der Waals surface area contributed by atoms with E-state index in [4.69, 9.17) is 11.6 Å². The molecule has 1 aliphatic rings. The molecular formula is C11H14ClNS. The molecule has 0 radical (unpaired) electrons. The highest BCUT2D eigenvalue weighted by Crippen LogP contribution is 2.33. The van der Waals surface area contributed by atoms with Crippen molar-refractivity contribution >= 4 is 23.4 Å². The minimum absolute atomic E-state index is 0.615. The fourth-order valence-electron chi connectivity index (χ4n) is 1.68. The summed E-state index contributed by atoms with van der Waals surface area (Å²) in [5.74, 6) is 1.19. The third-order valence-electron chi connectivity index (χ3n) is 2.40. The Bertz CT molecular complexity index is 295. The highest BCUT2D eigenvalue weighted by molar-refractivity contribution is 7.99. The maximum Gasteiger partial charge on any atom is 0.0409 e. The number of thioether (sulfide) groups is 1. The van der Waals surface area contributed by atoms with Crippen LogP contribution in [0.25, 0.3) is 0 Å². The fraction of sp³-hybridized carbons (Fsp3) is 0.455. The molecule has 3 heteroatoms. The van der Waals surface area contributed by atoms with E-state index in [0.717, 1.165) is 18.1 Å². The Morgan fingerprint density at radius 1 is 1.36 bits per heavy atom. The van der Waals surface area contributed by atoms with Crippen LogP contribution < -0.4 is 5.32 Å². The molecule has 1 fully saturated rings. The van der Waals surface area contributed by atoms with Crippen molar-refractivity contribution in [3.8, 4) is 0 Å². The third kappa shape index (κ3) is 2.66. The zero-order chi connectivity index (χ0) is 9.80. The van der Waals surface area contributed by atoms with Crippen LogP contribution in [-0.4, -0.2) is 18.8 Å². The first kappa shape index (κ1) is 10.3. The molecule has 1 aromatic carbocycles. The zero-order valence-corrected chi connectivity index (χ0v) is 9.57. The van der Waals surface area contributed by atoms with Crippen molar-refractivity contribution in [1.29, 1.82) is 0 Å². The quantitative estimate of drug-likeness (QED) is 0.792. The molecule has 1 aliphatic heterocycles. The van der Waals surface area contributed by atoms with E-state index in [0.29, 0.717) is 5.25 Å². The lowest BCUT2D eigenvalue weighted by atomic mass is 10.1. The lowest BCUT2D eigenvalue weighted by Crippen LogP contribution is -2.15. The van der Waals surface area contributed by atoms with Crippen molar-refractivity contribution in [3.63, 3.8) is 0 Å². The predicted molar refractivity (Wildman–Crippen MR) is 64.1 cm³/mol. The van der Waals surface area contributed by atoms with E-state index in [1.54, 1.807) is 0 Å². The standard InChI is InChI=1S/C11H14ClNS/c12-10-3-1-2-9(8-10)11-4-5-13-6-7-14-11/h1-3,8,11,13H,4-7H2/t11-/m0/s1. The summed E-state index contributed by atoms with van der Waals surface area (Å²) < 4.78 is 0. The predicted octanol–water partition coefficient (Wildman–Crippen LogP) is 3.11. The summed E-state index contributed by atoms with van der Waals surface area (Å²) in [7, 11) is 0. The molecule has 0 saturated carbocycles. The Labute approximate surface area is 94.2 Å². The second kappa shape index (κ2) is 5.06. The summed E-state index contributed by atoms with van der Waals surface area (Å²) in [5, 5.41) is 4.87. The largest absolute Gasteiger partial charge is 0.316 e. The van der Waals surface area contributed by atoms with E-state index >= 15 is 0 Å². The van der Waals surface area contributed by atoms with Crippen molar-refractivity contribution in [2.24, 2.45) is 0 Å². The van der Waals surface area contributed by atoms with Gasteiger partial charge in [-0.05, 0) is 30.7 Å². The van der Waals surface area contributed by atoms with Crippen LogP contribution in [0.5, 0.6) is 0 Å². The molecule has 0 bridgehead atoms. The first-order valence-corrected chi connectivity index (χ1v) is 6.37. The second-order valence-electron chi connectivity index (χ2n) is 3.45. The first-order valence-electron chi connectivity index (χ1n) is 4.94. The Kier molecular flexibility index (Phi) is 3.74. The molecule has 14 heavy (non-hydrogen) atoms. The van der Waals surface area contributed by atoms with E-state index in [1.165, 1.54) is 17.7 Å². The summed E-state index contributed by atoms with van der Waals surface area (Å²) in [6.07, 6.45) is 1.20. The number of hydrogen-bond donors (Lipinski definition) is 1. The smallest absolute Gasteiger partial charge is 0.0409 e. The zero-order valence-electron chi connectivity index (χ0n) is 8.00. The SMILES string of the molecule is Clc1cccc([C@@H]2CCNCCS2)c1. The Morgan fingerprint density at radius 3 is 3.14 bits per heavy atom. The molecule has 0 aromatic heterocycles. The van der Waals surface area contributed by atoms with Crippen molar-refractivity contribution < 1.29 is 0 Å². The molecule has 1 saturated heterocycles. The van der Waals surface area contributed by atoms with Crippen LogP contribution in [0.1, 0.15) is 17.2 Å². The summed E-state index contributed by atoms with van der Waals surface area (Å²) >= 11 is 8.00. The number of benzene rings is 1. The van der Waals surface area contributed by atoms with Crippen LogP contribution in [0.15, 0.2) is 24.3 Å².